The van der Waals surface area contributed by atoms with Gasteiger partial charge in [0.1, 0.15) is 0 Å². The third-order valence-electron chi connectivity index (χ3n) is 1.32. The molecule has 0 amide bonds. The van der Waals surface area contributed by atoms with Gasteiger partial charge >= 0.3 is 0 Å². The summed E-state index contributed by atoms with van der Waals surface area (Å²) in [6.07, 6.45) is 1.97. The molecule has 0 N–H and O–H groups in total. The smallest absolute Gasteiger partial charge is 0.207 e. The molecule has 0 aromatic carbocycles. The molecule has 0 bridgehead atoms. The highest BCUT2D eigenvalue weighted by Crippen LogP contribution is 2.49. The molecule has 1 aliphatic carbocycles. The zero-order chi connectivity index (χ0) is 6.20. The van der Waals surface area contributed by atoms with Crippen molar-refractivity contribution < 1.29 is 8.78 Å². The average Bonchev–Trinajstić information content (AvgIpc) is 2.15. The molecule has 48 valence electrons. The standard InChI is InChI=1S/C5H8F2S/c1-8-3-4-2-5(4,6)7/h4H,2-3H2,1H3/t4-/m0/s1. The lowest BCUT2D eigenvalue weighted by molar-refractivity contribution is 0.103. The second kappa shape index (κ2) is 1.87. The van der Waals surface area contributed by atoms with Gasteiger partial charge in [0.25, 0.3) is 5.92 Å². The Morgan fingerprint density at radius 2 is 2.25 bits per heavy atom. The van der Waals surface area contributed by atoms with Crippen molar-refractivity contribution in [3.8, 4) is 0 Å². The summed E-state index contributed by atoms with van der Waals surface area (Å²) in [7, 11) is 0. The molecule has 1 atom stereocenters. The van der Waals surface area contributed by atoms with E-state index in [1.165, 1.54) is 11.8 Å². The summed E-state index contributed by atoms with van der Waals surface area (Å²) in [6.45, 7) is 0. The molecule has 1 fully saturated rings. The summed E-state index contributed by atoms with van der Waals surface area (Å²) < 4.78 is 23.9. The van der Waals surface area contributed by atoms with Crippen molar-refractivity contribution in [2.75, 3.05) is 12.0 Å². The summed E-state index contributed by atoms with van der Waals surface area (Å²) in [5.74, 6) is -1.99. The number of hydrogen-bond donors (Lipinski definition) is 0. The van der Waals surface area contributed by atoms with Crippen LogP contribution in [0.1, 0.15) is 6.42 Å². The van der Waals surface area contributed by atoms with Gasteiger partial charge < -0.3 is 0 Å². The van der Waals surface area contributed by atoms with E-state index >= 15 is 0 Å². The molecule has 1 aliphatic rings. The van der Waals surface area contributed by atoms with E-state index in [1.807, 2.05) is 6.26 Å². The highest BCUT2D eigenvalue weighted by Gasteiger charge is 2.55. The van der Waals surface area contributed by atoms with Crippen LogP contribution in [0.4, 0.5) is 8.78 Å². The van der Waals surface area contributed by atoms with Crippen molar-refractivity contribution in [3.05, 3.63) is 0 Å². The fourth-order valence-electron chi connectivity index (χ4n) is 0.652. The van der Waals surface area contributed by atoms with Gasteiger partial charge in [-0.05, 0) is 6.26 Å². The highest BCUT2D eigenvalue weighted by atomic mass is 32.2. The number of rotatable bonds is 2. The van der Waals surface area contributed by atoms with Crippen molar-refractivity contribution in [2.24, 2.45) is 5.92 Å². The van der Waals surface area contributed by atoms with Gasteiger partial charge in [-0.15, -0.1) is 0 Å². The van der Waals surface area contributed by atoms with Crippen LogP contribution in [-0.4, -0.2) is 17.9 Å². The Morgan fingerprint density at radius 3 is 2.38 bits per heavy atom. The lowest BCUT2D eigenvalue weighted by atomic mass is 10.5. The average molecular weight is 138 g/mol. The second-order valence-corrected chi connectivity index (χ2v) is 3.03. The summed E-state index contributed by atoms with van der Waals surface area (Å²) >= 11 is 1.49. The van der Waals surface area contributed by atoms with Crippen molar-refractivity contribution in [1.82, 2.24) is 0 Å². The van der Waals surface area contributed by atoms with Crippen LogP contribution in [-0.2, 0) is 0 Å². The fourth-order valence-corrected chi connectivity index (χ4v) is 1.42. The molecule has 0 saturated heterocycles. The van der Waals surface area contributed by atoms with E-state index in [2.05, 4.69) is 0 Å². The largest absolute Gasteiger partial charge is 0.252 e. The van der Waals surface area contributed by atoms with Crippen LogP contribution >= 0.6 is 11.8 Å². The minimum Gasteiger partial charge on any atom is -0.207 e. The first-order chi connectivity index (χ1) is 3.67. The Labute approximate surface area is 51.6 Å². The quantitative estimate of drug-likeness (QED) is 0.562. The third-order valence-corrected chi connectivity index (χ3v) is 2.06. The van der Waals surface area contributed by atoms with E-state index in [0.29, 0.717) is 5.75 Å². The molecule has 0 aromatic heterocycles. The van der Waals surface area contributed by atoms with Crippen molar-refractivity contribution in [3.63, 3.8) is 0 Å². The zero-order valence-corrected chi connectivity index (χ0v) is 5.47. The Kier molecular flexibility index (Phi) is 1.48. The SMILES string of the molecule is CSC[C@@H]1CC1(F)F. The van der Waals surface area contributed by atoms with E-state index < -0.39 is 5.92 Å². The molecule has 0 spiro atoms. The van der Waals surface area contributed by atoms with Gasteiger partial charge in [-0.3, -0.25) is 0 Å². The molecule has 1 rings (SSSR count). The topological polar surface area (TPSA) is 0 Å². The second-order valence-electron chi connectivity index (χ2n) is 2.12. The van der Waals surface area contributed by atoms with Gasteiger partial charge in [-0.1, -0.05) is 0 Å². The summed E-state index contributed by atoms with van der Waals surface area (Å²) in [5.41, 5.74) is 0. The lowest BCUT2D eigenvalue weighted by Crippen LogP contribution is -1.94. The van der Waals surface area contributed by atoms with Gasteiger partial charge in [0.15, 0.2) is 0 Å². The normalized spacial score (nSPS) is 32.6. The van der Waals surface area contributed by atoms with E-state index in [1.54, 1.807) is 0 Å². The Hall–Kier alpha value is 0.210. The summed E-state index contributed by atoms with van der Waals surface area (Å²) in [6, 6.07) is 0. The maximum Gasteiger partial charge on any atom is 0.252 e. The van der Waals surface area contributed by atoms with Gasteiger partial charge in [0.2, 0.25) is 0 Å². The minimum atomic E-state index is -2.30. The van der Waals surface area contributed by atoms with Crippen LogP contribution in [0.2, 0.25) is 0 Å². The molecular weight excluding hydrogens is 130 g/mol. The van der Waals surface area contributed by atoms with Crippen LogP contribution in [0.3, 0.4) is 0 Å². The predicted molar refractivity (Wildman–Crippen MR) is 31.4 cm³/mol. The molecule has 0 aliphatic heterocycles. The van der Waals surface area contributed by atoms with E-state index in [0.717, 1.165) is 0 Å². The predicted octanol–water partition coefficient (Wildman–Crippen LogP) is 2.00. The van der Waals surface area contributed by atoms with E-state index in [4.69, 9.17) is 0 Å². The van der Waals surface area contributed by atoms with Gasteiger partial charge in [-0.2, -0.15) is 11.8 Å². The maximum absolute atomic E-state index is 12.0. The van der Waals surface area contributed by atoms with Crippen LogP contribution in [0, 0.1) is 5.92 Å². The third kappa shape index (κ3) is 1.13. The van der Waals surface area contributed by atoms with Crippen LogP contribution in [0.15, 0.2) is 0 Å². The lowest BCUT2D eigenvalue weighted by Gasteiger charge is -1.91. The Bertz CT molecular complexity index is 92.4. The molecule has 0 nitrogen and oxygen atoms in total. The van der Waals surface area contributed by atoms with Crippen LogP contribution in [0.5, 0.6) is 0 Å². The number of hydrogen-bond acceptors (Lipinski definition) is 1. The number of alkyl halides is 2. The Balaban J connectivity index is 2.17. The summed E-state index contributed by atoms with van der Waals surface area (Å²) in [5, 5.41) is 0. The summed E-state index contributed by atoms with van der Waals surface area (Å²) in [4.78, 5) is 0. The zero-order valence-electron chi connectivity index (χ0n) is 4.66. The maximum atomic E-state index is 12.0. The first-order valence-corrected chi connectivity index (χ1v) is 3.93. The molecule has 3 heteroatoms. The van der Waals surface area contributed by atoms with E-state index in [9.17, 15) is 8.78 Å². The van der Waals surface area contributed by atoms with Crippen LogP contribution in [0.25, 0.3) is 0 Å². The highest BCUT2D eigenvalue weighted by molar-refractivity contribution is 7.98. The number of halogens is 2. The molecule has 0 heterocycles. The van der Waals surface area contributed by atoms with Crippen molar-refractivity contribution >= 4 is 11.8 Å². The first kappa shape index (κ1) is 6.33. The molecule has 0 unspecified atom stereocenters. The molecule has 0 radical (unpaired) electrons. The molecular formula is C5H8F2S. The van der Waals surface area contributed by atoms with Crippen molar-refractivity contribution in [2.45, 2.75) is 12.3 Å². The van der Waals surface area contributed by atoms with Gasteiger partial charge in [0.05, 0.1) is 0 Å². The molecule has 1 saturated carbocycles. The minimum absolute atomic E-state index is 0.119. The Morgan fingerprint density at radius 1 is 1.75 bits per heavy atom. The van der Waals surface area contributed by atoms with E-state index in [-0.39, 0.29) is 12.3 Å². The van der Waals surface area contributed by atoms with Gasteiger partial charge in [0, 0.05) is 18.1 Å². The molecule has 0 aromatic rings. The van der Waals surface area contributed by atoms with Crippen LogP contribution < -0.4 is 0 Å². The van der Waals surface area contributed by atoms with Crippen molar-refractivity contribution in [1.29, 1.82) is 0 Å². The number of thioether (sulfide) groups is 1. The fraction of sp³-hybridized carbons (Fsp3) is 1.00. The van der Waals surface area contributed by atoms with Gasteiger partial charge in [-0.25, -0.2) is 8.78 Å². The first-order valence-electron chi connectivity index (χ1n) is 2.53. The molecule has 8 heavy (non-hydrogen) atoms. The monoisotopic (exact) mass is 138 g/mol.